The Hall–Kier alpha value is 0.310. The summed E-state index contributed by atoms with van der Waals surface area (Å²) in [5.41, 5.74) is 0. The van der Waals surface area contributed by atoms with Gasteiger partial charge in [0, 0.05) is 0 Å². The average Bonchev–Trinajstić information content (AvgIpc) is 2.07. The molecular weight excluding hydrogens is 154 g/mol. The Labute approximate surface area is 74.3 Å². The van der Waals surface area contributed by atoms with Crippen LogP contribution >= 0.6 is 11.8 Å². The van der Waals surface area contributed by atoms with E-state index >= 15 is 0 Å². The lowest BCUT2D eigenvalue weighted by Crippen LogP contribution is -2.31. The van der Waals surface area contributed by atoms with Crippen molar-refractivity contribution in [2.75, 3.05) is 25.1 Å². The number of thioether (sulfide) groups is 1. The number of piperidine rings is 1. The van der Waals surface area contributed by atoms with Gasteiger partial charge in [-0.1, -0.05) is 6.92 Å². The van der Waals surface area contributed by atoms with Crippen molar-refractivity contribution in [1.29, 1.82) is 0 Å². The summed E-state index contributed by atoms with van der Waals surface area (Å²) in [5, 5.41) is 3.40. The number of hydrogen-bond donors (Lipinski definition) is 1. The van der Waals surface area contributed by atoms with Crippen molar-refractivity contribution < 1.29 is 0 Å². The van der Waals surface area contributed by atoms with E-state index in [9.17, 15) is 0 Å². The zero-order valence-corrected chi connectivity index (χ0v) is 8.41. The van der Waals surface area contributed by atoms with E-state index in [4.69, 9.17) is 0 Å². The molecule has 0 saturated carbocycles. The van der Waals surface area contributed by atoms with Gasteiger partial charge in [-0.05, 0) is 49.8 Å². The van der Waals surface area contributed by atoms with Crippen LogP contribution in [0.2, 0.25) is 0 Å². The molecule has 0 spiro atoms. The first-order chi connectivity index (χ1) is 5.34. The van der Waals surface area contributed by atoms with Crippen LogP contribution in [-0.2, 0) is 0 Å². The van der Waals surface area contributed by atoms with Gasteiger partial charge < -0.3 is 5.32 Å². The molecule has 1 aliphatic heterocycles. The highest BCUT2D eigenvalue weighted by Crippen LogP contribution is 2.23. The van der Waals surface area contributed by atoms with E-state index in [0.29, 0.717) is 0 Å². The predicted molar refractivity (Wildman–Crippen MR) is 53.1 cm³/mol. The summed E-state index contributed by atoms with van der Waals surface area (Å²) in [6.07, 6.45) is 4.99. The maximum Gasteiger partial charge on any atom is -0.00419 e. The van der Waals surface area contributed by atoms with Gasteiger partial charge in [-0.3, -0.25) is 0 Å². The number of nitrogens with one attached hydrogen (secondary N) is 1. The van der Waals surface area contributed by atoms with Gasteiger partial charge in [0.1, 0.15) is 0 Å². The topological polar surface area (TPSA) is 12.0 Å². The van der Waals surface area contributed by atoms with E-state index in [1.165, 1.54) is 31.7 Å². The first-order valence-electron chi connectivity index (χ1n) is 4.54. The highest BCUT2D eigenvalue weighted by molar-refractivity contribution is 7.98. The van der Waals surface area contributed by atoms with Crippen LogP contribution in [0.4, 0.5) is 0 Å². The second-order valence-corrected chi connectivity index (χ2v) is 4.43. The number of rotatable bonds is 3. The van der Waals surface area contributed by atoms with Gasteiger partial charge in [0.2, 0.25) is 0 Å². The van der Waals surface area contributed by atoms with Crippen molar-refractivity contribution in [3.05, 3.63) is 0 Å². The molecule has 1 N–H and O–H groups in total. The maximum absolute atomic E-state index is 3.40. The molecule has 1 unspecified atom stereocenters. The third kappa shape index (κ3) is 3.04. The molecular formula is C9H19NS. The smallest absolute Gasteiger partial charge is 0.00419 e. The van der Waals surface area contributed by atoms with E-state index in [1.54, 1.807) is 0 Å². The first-order valence-corrected chi connectivity index (χ1v) is 5.93. The summed E-state index contributed by atoms with van der Waals surface area (Å²) in [6, 6.07) is 0. The fourth-order valence-corrected chi connectivity index (χ4v) is 2.61. The number of hydrogen-bond acceptors (Lipinski definition) is 2. The van der Waals surface area contributed by atoms with Gasteiger partial charge >= 0.3 is 0 Å². The Bertz CT molecular complexity index is 99.7. The minimum absolute atomic E-state index is 0.923. The standard InChI is InChI=1S/C9H19NS/c1-8(7-11-2)9-3-5-10-6-4-9/h8-10H,3-7H2,1-2H3. The SMILES string of the molecule is CSCC(C)C1CCNCC1. The predicted octanol–water partition coefficient (Wildman–Crippen LogP) is 1.99. The molecule has 0 bridgehead atoms. The van der Waals surface area contributed by atoms with Crippen LogP contribution in [0.1, 0.15) is 19.8 Å². The molecule has 1 heterocycles. The lowest BCUT2D eigenvalue weighted by molar-refractivity contribution is 0.296. The highest BCUT2D eigenvalue weighted by Gasteiger charge is 2.18. The summed E-state index contributed by atoms with van der Waals surface area (Å²) >= 11 is 1.98. The molecule has 1 fully saturated rings. The molecule has 0 aromatic heterocycles. The molecule has 0 radical (unpaired) electrons. The monoisotopic (exact) mass is 173 g/mol. The van der Waals surface area contributed by atoms with Crippen LogP contribution in [-0.4, -0.2) is 25.1 Å². The van der Waals surface area contributed by atoms with Gasteiger partial charge in [-0.2, -0.15) is 11.8 Å². The summed E-state index contributed by atoms with van der Waals surface area (Å²) in [6.45, 7) is 4.87. The molecule has 0 aliphatic carbocycles. The van der Waals surface area contributed by atoms with E-state index in [1.807, 2.05) is 11.8 Å². The van der Waals surface area contributed by atoms with Crippen LogP contribution < -0.4 is 5.32 Å². The molecule has 1 rings (SSSR count). The Kier molecular flexibility index (Phi) is 4.31. The fraction of sp³-hybridized carbons (Fsp3) is 1.00. The van der Waals surface area contributed by atoms with Crippen LogP contribution in [0.15, 0.2) is 0 Å². The Balaban J connectivity index is 2.21. The molecule has 1 aliphatic rings. The van der Waals surface area contributed by atoms with Crippen molar-refractivity contribution in [1.82, 2.24) is 5.32 Å². The minimum Gasteiger partial charge on any atom is -0.317 e. The molecule has 1 atom stereocenters. The molecule has 0 aromatic rings. The molecule has 0 amide bonds. The average molecular weight is 173 g/mol. The Morgan fingerprint density at radius 2 is 2.09 bits per heavy atom. The quantitative estimate of drug-likeness (QED) is 0.700. The fourth-order valence-electron chi connectivity index (χ4n) is 1.81. The summed E-state index contributed by atoms with van der Waals surface area (Å²) in [7, 11) is 0. The first kappa shape index (κ1) is 9.40. The second kappa shape index (κ2) is 5.04. The van der Waals surface area contributed by atoms with Crippen LogP contribution in [0.3, 0.4) is 0 Å². The molecule has 11 heavy (non-hydrogen) atoms. The molecule has 66 valence electrons. The van der Waals surface area contributed by atoms with Crippen molar-refractivity contribution in [3.8, 4) is 0 Å². The molecule has 1 saturated heterocycles. The zero-order chi connectivity index (χ0) is 8.10. The largest absolute Gasteiger partial charge is 0.317 e. The van der Waals surface area contributed by atoms with Crippen LogP contribution in [0.5, 0.6) is 0 Å². The normalized spacial score (nSPS) is 23.5. The third-order valence-corrected chi connectivity index (χ3v) is 3.48. The Morgan fingerprint density at radius 1 is 1.45 bits per heavy atom. The van der Waals surface area contributed by atoms with Gasteiger partial charge in [0.25, 0.3) is 0 Å². The summed E-state index contributed by atoms with van der Waals surface area (Å²) in [5.74, 6) is 3.25. The van der Waals surface area contributed by atoms with Gasteiger partial charge in [-0.15, -0.1) is 0 Å². The van der Waals surface area contributed by atoms with Gasteiger partial charge in [0.15, 0.2) is 0 Å². The lowest BCUT2D eigenvalue weighted by atomic mass is 9.87. The van der Waals surface area contributed by atoms with Crippen molar-refractivity contribution >= 4 is 11.8 Å². The highest BCUT2D eigenvalue weighted by atomic mass is 32.2. The molecule has 1 nitrogen and oxygen atoms in total. The van der Waals surface area contributed by atoms with E-state index < -0.39 is 0 Å². The van der Waals surface area contributed by atoms with Crippen LogP contribution in [0.25, 0.3) is 0 Å². The minimum atomic E-state index is 0.923. The van der Waals surface area contributed by atoms with Crippen LogP contribution in [0, 0.1) is 11.8 Å². The van der Waals surface area contributed by atoms with Crippen molar-refractivity contribution in [2.24, 2.45) is 11.8 Å². The maximum atomic E-state index is 3.40. The van der Waals surface area contributed by atoms with Gasteiger partial charge in [-0.25, -0.2) is 0 Å². The third-order valence-electron chi connectivity index (χ3n) is 2.62. The van der Waals surface area contributed by atoms with Crippen molar-refractivity contribution in [3.63, 3.8) is 0 Å². The van der Waals surface area contributed by atoms with E-state index in [0.717, 1.165) is 11.8 Å². The van der Waals surface area contributed by atoms with E-state index in [-0.39, 0.29) is 0 Å². The molecule has 0 aromatic carbocycles. The second-order valence-electron chi connectivity index (χ2n) is 3.52. The van der Waals surface area contributed by atoms with Gasteiger partial charge in [0.05, 0.1) is 0 Å². The van der Waals surface area contributed by atoms with Crippen molar-refractivity contribution in [2.45, 2.75) is 19.8 Å². The zero-order valence-electron chi connectivity index (χ0n) is 7.60. The summed E-state index contributed by atoms with van der Waals surface area (Å²) in [4.78, 5) is 0. The molecule has 2 heteroatoms. The Morgan fingerprint density at radius 3 is 2.64 bits per heavy atom. The lowest BCUT2D eigenvalue weighted by Gasteiger charge is -2.27. The summed E-state index contributed by atoms with van der Waals surface area (Å²) < 4.78 is 0. The van der Waals surface area contributed by atoms with E-state index in [2.05, 4.69) is 18.5 Å².